The fourth-order valence-electron chi connectivity index (χ4n) is 8.45. The second-order valence-electron chi connectivity index (χ2n) is 13.0. The highest BCUT2D eigenvalue weighted by atomic mass is 32.1. The van der Waals surface area contributed by atoms with E-state index in [4.69, 9.17) is 4.74 Å². The Labute approximate surface area is 252 Å². The summed E-state index contributed by atoms with van der Waals surface area (Å²) in [5, 5.41) is 5.31. The lowest BCUT2D eigenvalue weighted by atomic mass is 9.49. The van der Waals surface area contributed by atoms with Gasteiger partial charge in [-0.05, 0) is 116 Å². The molecule has 1 saturated heterocycles. The summed E-state index contributed by atoms with van der Waals surface area (Å²) in [6.45, 7) is 6.23. The van der Waals surface area contributed by atoms with E-state index >= 15 is 0 Å². The van der Waals surface area contributed by atoms with Crippen molar-refractivity contribution in [3.63, 3.8) is 0 Å². The maximum Gasteiger partial charge on any atom is 0.264 e. The van der Waals surface area contributed by atoms with Crippen LogP contribution in [0, 0.1) is 23.2 Å². The van der Waals surface area contributed by atoms with Crippen LogP contribution in [0.3, 0.4) is 0 Å². The van der Waals surface area contributed by atoms with E-state index in [2.05, 4.69) is 15.2 Å². The third-order valence-corrected chi connectivity index (χ3v) is 10.9. The van der Waals surface area contributed by atoms with Gasteiger partial charge in [0.05, 0.1) is 17.7 Å². The van der Waals surface area contributed by atoms with Gasteiger partial charge in [-0.25, -0.2) is 0 Å². The van der Waals surface area contributed by atoms with Gasteiger partial charge in [-0.3, -0.25) is 14.6 Å². The highest BCUT2D eigenvalue weighted by molar-refractivity contribution is 7.12. The van der Waals surface area contributed by atoms with E-state index in [9.17, 15) is 9.59 Å². The topological polar surface area (TPSA) is 74.8 Å². The summed E-state index contributed by atoms with van der Waals surface area (Å²) in [5.41, 5.74) is 4.11. The average Bonchev–Trinajstić information content (AvgIpc) is 3.50. The molecule has 1 aliphatic heterocycles. The van der Waals surface area contributed by atoms with Gasteiger partial charge in [0.1, 0.15) is 5.75 Å². The molecule has 2 aromatic heterocycles. The summed E-state index contributed by atoms with van der Waals surface area (Å²) in [6, 6.07) is 11.9. The first-order chi connectivity index (χ1) is 20.5. The van der Waals surface area contributed by atoms with Gasteiger partial charge in [-0.15, -0.1) is 11.3 Å². The highest BCUT2D eigenvalue weighted by Gasteiger charge is 2.50. The first-order valence-corrected chi connectivity index (χ1v) is 16.4. The standard InChI is InChI=1S/C34H40N4O3S/c1-2-41-30-14-27(19-35-20-30)28-15-31(42-21-28)33(40)38-9-7-37(8-10-38)29-5-3-26(4-6-29)32(39)36-22-34-16-23-11-24(17-34)13-25(12-23)18-34/h3-6,14-15,19-21,23-25H,2,7-13,16-18,22H2,1H3,(H,36,39). The van der Waals surface area contributed by atoms with Crippen LogP contribution < -0.4 is 15.0 Å². The van der Waals surface area contributed by atoms with E-state index in [1.807, 2.05) is 53.6 Å². The zero-order valence-corrected chi connectivity index (χ0v) is 25.2. The molecule has 0 atom stereocenters. The van der Waals surface area contributed by atoms with Crippen molar-refractivity contribution < 1.29 is 14.3 Å². The molecule has 1 N–H and O–H groups in total. The molecule has 220 valence electrons. The molecule has 0 radical (unpaired) electrons. The summed E-state index contributed by atoms with van der Waals surface area (Å²) >= 11 is 1.47. The average molecular weight is 585 g/mol. The number of anilines is 1. The van der Waals surface area contributed by atoms with E-state index in [0.717, 1.165) is 70.4 Å². The molecular formula is C34H40N4O3S. The van der Waals surface area contributed by atoms with E-state index in [-0.39, 0.29) is 11.8 Å². The number of hydrogen-bond acceptors (Lipinski definition) is 6. The predicted octanol–water partition coefficient (Wildman–Crippen LogP) is 6.12. The molecule has 5 fully saturated rings. The number of thiophene rings is 1. The number of carbonyl (C=O) groups excluding carboxylic acids is 2. The van der Waals surface area contributed by atoms with Crippen LogP contribution in [0.4, 0.5) is 5.69 Å². The molecule has 0 unspecified atom stereocenters. The van der Waals surface area contributed by atoms with Crippen molar-refractivity contribution in [2.45, 2.75) is 45.4 Å². The zero-order valence-electron chi connectivity index (χ0n) is 24.4. The van der Waals surface area contributed by atoms with Gasteiger partial charge in [0, 0.05) is 55.7 Å². The predicted molar refractivity (Wildman–Crippen MR) is 166 cm³/mol. The molecule has 7 nitrogen and oxygen atoms in total. The highest BCUT2D eigenvalue weighted by Crippen LogP contribution is 2.59. The monoisotopic (exact) mass is 584 g/mol. The first kappa shape index (κ1) is 27.4. The summed E-state index contributed by atoms with van der Waals surface area (Å²) in [7, 11) is 0. The van der Waals surface area contributed by atoms with Crippen molar-refractivity contribution >= 4 is 28.8 Å². The number of hydrogen-bond donors (Lipinski definition) is 1. The Bertz CT molecular complexity index is 1410. The van der Waals surface area contributed by atoms with Crippen molar-refractivity contribution in [3.8, 4) is 16.9 Å². The third-order valence-electron chi connectivity index (χ3n) is 10.0. The van der Waals surface area contributed by atoms with Crippen LogP contribution in [0.1, 0.15) is 65.5 Å². The Hall–Kier alpha value is -3.39. The Morgan fingerprint density at radius 2 is 1.64 bits per heavy atom. The Kier molecular flexibility index (Phi) is 7.42. The van der Waals surface area contributed by atoms with Crippen molar-refractivity contribution in [1.82, 2.24) is 15.2 Å². The summed E-state index contributed by atoms with van der Waals surface area (Å²) < 4.78 is 5.57. The molecule has 0 spiro atoms. The minimum absolute atomic E-state index is 0.0448. The number of piperazine rings is 1. The summed E-state index contributed by atoms with van der Waals surface area (Å²) in [4.78, 5) is 35.6. The number of amides is 2. The second kappa shape index (κ2) is 11.4. The van der Waals surface area contributed by atoms with Crippen LogP contribution in [0.5, 0.6) is 5.75 Å². The molecule has 4 bridgehead atoms. The quantitative estimate of drug-likeness (QED) is 0.346. The number of carbonyl (C=O) groups is 2. The minimum atomic E-state index is 0.0448. The second-order valence-corrected chi connectivity index (χ2v) is 13.9. The third kappa shape index (κ3) is 5.53. The maximum absolute atomic E-state index is 13.3. The van der Waals surface area contributed by atoms with Gasteiger partial charge in [0.25, 0.3) is 11.8 Å². The van der Waals surface area contributed by atoms with Crippen LogP contribution in [0.2, 0.25) is 0 Å². The summed E-state index contributed by atoms with van der Waals surface area (Å²) in [6.07, 6.45) is 11.7. The van der Waals surface area contributed by atoms with Crippen LogP contribution in [0.15, 0.2) is 54.2 Å². The number of pyridine rings is 1. The maximum atomic E-state index is 13.3. The number of nitrogens with one attached hydrogen (secondary N) is 1. The fraction of sp³-hybridized carbons (Fsp3) is 0.500. The minimum Gasteiger partial charge on any atom is -0.492 e. The lowest BCUT2D eigenvalue weighted by Crippen LogP contribution is -2.51. The van der Waals surface area contributed by atoms with Gasteiger partial charge in [0.15, 0.2) is 0 Å². The molecule has 5 aliphatic rings. The van der Waals surface area contributed by atoms with Crippen molar-refractivity contribution in [2.75, 3.05) is 44.2 Å². The lowest BCUT2D eigenvalue weighted by molar-refractivity contribution is -0.0503. The Morgan fingerprint density at radius 3 is 2.31 bits per heavy atom. The van der Waals surface area contributed by atoms with Crippen molar-refractivity contribution in [1.29, 1.82) is 0 Å². The zero-order chi connectivity index (χ0) is 28.7. The molecular weight excluding hydrogens is 544 g/mol. The molecule has 2 amide bonds. The van der Waals surface area contributed by atoms with Crippen LogP contribution in [-0.2, 0) is 0 Å². The molecule has 3 heterocycles. The van der Waals surface area contributed by atoms with Gasteiger partial charge in [-0.1, -0.05) is 0 Å². The van der Waals surface area contributed by atoms with Crippen molar-refractivity contribution in [3.05, 3.63) is 64.6 Å². The van der Waals surface area contributed by atoms with Gasteiger partial charge < -0.3 is 19.9 Å². The van der Waals surface area contributed by atoms with E-state index < -0.39 is 0 Å². The molecule has 42 heavy (non-hydrogen) atoms. The molecule has 1 aromatic carbocycles. The van der Waals surface area contributed by atoms with E-state index in [0.29, 0.717) is 25.1 Å². The van der Waals surface area contributed by atoms with E-state index in [1.54, 1.807) is 12.4 Å². The Balaban J connectivity index is 0.914. The van der Waals surface area contributed by atoms with Crippen LogP contribution >= 0.6 is 11.3 Å². The molecule has 8 rings (SSSR count). The summed E-state index contributed by atoms with van der Waals surface area (Å²) in [5.74, 6) is 3.54. The van der Waals surface area contributed by atoms with Gasteiger partial charge in [-0.2, -0.15) is 0 Å². The number of aromatic nitrogens is 1. The van der Waals surface area contributed by atoms with Crippen molar-refractivity contribution in [2.24, 2.45) is 23.2 Å². The van der Waals surface area contributed by atoms with Gasteiger partial charge >= 0.3 is 0 Å². The van der Waals surface area contributed by atoms with E-state index in [1.165, 1.54) is 49.9 Å². The SMILES string of the molecule is CCOc1cncc(-c2csc(C(=O)N3CCN(c4ccc(C(=O)NCC56CC7CC(CC(C7)C5)C6)cc4)CC3)c2)c1. The molecule has 4 aliphatic carbocycles. The normalized spacial score (nSPS) is 26.4. The molecule has 4 saturated carbocycles. The first-order valence-electron chi connectivity index (χ1n) is 15.6. The number of rotatable bonds is 8. The number of ether oxygens (including phenoxy) is 1. The molecule has 8 heteroatoms. The van der Waals surface area contributed by atoms with Gasteiger partial charge in [0.2, 0.25) is 0 Å². The van der Waals surface area contributed by atoms with Crippen LogP contribution in [0.25, 0.3) is 11.1 Å². The Morgan fingerprint density at radius 1 is 0.952 bits per heavy atom. The number of nitrogens with zero attached hydrogens (tertiary/aromatic N) is 3. The smallest absolute Gasteiger partial charge is 0.264 e. The largest absolute Gasteiger partial charge is 0.492 e. The lowest BCUT2D eigenvalue weighted by Gasteiger charge is -2.56. The molecule has 3 aromatic rings. The fourth-order valence-corrected chi connectivity index (χ4v) is 9.33. The van der Waals surface area contributed by atoms with Crippen LogP contribution in [-0.4, -0.2) is 61.0 Å². The number of benzene rings is 1.